The van der Waals surface area contributed by atoms with Crippen LogP contribution in [0.15, 0.2) is 35.5 Å². The average Bonchev–Trinajstić information content (AvgIpc) is 3.09. The van der Waals surface area contributed by atoms with Crippen molar-refractivity contribution in [2.24, 2.45) is 5.92 Å². The Balaban J connectivity index is 1.68. The lowest BCUT2D eigenvalue weighted by Gasteiger charge is -2.32. The van der Waals surface area contributed by atoms with Gasteiger partial charge in [-0.15, -0.1) is 0 Å². The lowest BCUT2D eigenvalue weighted by molar-refractivity contribution is -0.146. The molecule has 2 aliphatic heterocycles. The molecule has 1 fully saturated rings. The van der Waals surface area contributed by atoms with E-state index in [1.165, 1.54) is 19.1 Å². The van der Waals surface area contributed by atoms with E-state index >= 15 is 0 Å². The number of benzene rings is 1. The first-order valence-electron chi connectivity index (χ1n) is 9.90. The molecule has 1 aromatic carbocycles. The highest BCUT2D eigenvalue weighted by Gasteiger charge is 2.34. The number of carbonyl (C=O) groups excluding carboxylic acids is 3. The molecule has 1 saturated heterocycles. The molecule has 2 N–H and O–H groups in total. The van der Waals surface area contributed by atoms with E-state index in [9.17, 15) is 14.4 Å². The maximum absolute atomic E-state index is 12.6. The zero-order valence-corrected chi connectivity index (χ0v) is 17.2. The number of nitrogens with zero attached hydrogens (tertiary/aromatic N) is 2. The smallest absolute Gasteiger partial charge is 0.337 e. The average molecular weight is 417 g/mol. The highest BCUT2D eigenvalue weighted by atomic mass is 16.5. The second-order valence-electron chi connectivity index (χ2n) is 7.25. The summed E-state index contributed by atoms with van der Waals surface area (Å²) < 4.78 is 9.62. The van der Waals surface area contributed by atoms with Gasteiger partial charge in [-0.2, -0.15) is 0 Å². The largest absolute Gasteiger partial charge is 0.469 e. The molecule has 9 heteroatoms. The van der Waals surface area contributed by atoms with Crippen LogP contribution in [-0.2, 0) is 23.9 Å². The SMILES string of the molecule is COC(=O)C1=C(Nc2ccc(N3CCC(C(=O)OC)CC3)cc2)C(=O)N(CCO)C1. The van der Waals surface area contributed by atoms with Gasteiger partial charge in [0.1, 0.15) is 5.70 Å². The fraction of sp³-hybridized carbons (Fsp3) is 0.476. The van der Waals surface area contributed by atoms with E-state index < -0.39 is 5.97 Å². The topological polar surface area (TPSA) is 108 Å². The van der Waals surface area contributed by atoms with Crippen LogP contribution in [-0.4, -0.2) is 74.9 Å². The quantitative estimate of drug-likeness (QED) is 0.626. The van der Waals surface area contributed by atoms with Crippen molar-refractivity contribution in [3.63, 3.8) is 0 Å². The van der Waals surface area contributed by atoms with Crippen LogP contribution in [0.25, 0.3) is 0 Å². The third-order valence-corrected chi connectivity index (χ3v) is 5.48. The van der Waals surface area contributed by atoms with Crippen LogP contribution < -0.4 is 10.2 Å². The van der Waals surface area contributed by atoms with E-state index in [-0.39, 0.29) is 48.8 Å². The number of esters is 2. The molecule has 1 amide bonds. The minimum atomic E-state index is -0.573. The number of piperidine rings is 1. The highest BCUT2D eigenvalue weighted by Crippen LogP contribution is 2.27. The van der Waals surface area contributed by atoms with E-state index in [0.717, 1.165) is 31.6 Å². The summed E-state index contributed by atoms with van der Waals surface area (Å²) in [6.07, 6.45) is 1.49. The van der Waals surface area contributed by atoms with Crippen LogP contribution in [0.5, 0.6) is 0 Å². The molecule has 0 unspecified atom stereocenters. The summed E-state index contributed by atoms with van der Waals surface area (Å²) in [5, 5.41) is 12.2. The van der Waals surface area contributed by atoms with Gasteiger partial charge in [0.05, 0.1) is 38.9 Å². The van der Waals surface area contributed by atoms with Crippen LogP contribution in [0.3, 0.4) is 0 Å². The third-order valence-electron chi connectivity index (χ3n) is 5.48. The Morgan fingerprint density at radius 3 is 2.37 bits per heavy atom. The van der Waals surface area contributed by atoms with Crippen LogP contribution in [0, 0.1) is 5.92 Å². The molecule has 0 radical (unpaired) electrons. The number of ether oxygens (including phenoxy) is 2. The second kappa shape index (κ2) is 9.62. The fourth-order valence-electron chi connectivity index (χ4n) is 3.79. The Morgan fingerprint density at radius 2 is 1.80 bits per heavy atom. The first kappa shape index (κ1) is 21.6. The summed E-state index contributed by atoms with van der Waals surface area (Å²) in [7, 11) is 2.68. The highest BCUT2D eigenvalue weighted by molar-refractivity contribution is 6.08. The van der Waals surface area contributed by atoms with Crippen molar-refractivity contribution in [2.75, 3.05) is 57.2 Å². The molecule has 1 aromatic rings. The lowest BCUT2D eigenvalue weighted by Crippen LogP contribution is -2.36. The number of carbonyl (C=O) groups is 3. The molecular formula is C21H27N3O6. The van der Waals surface area contributed by atoms with Crippen molar-refractivity contribution >= 4 is 29.2 Å². The fourth-order valence-corrected chi connectivity index (χ4v) is 3.79. The summed E-state index contributed by atoms with van der Waals surface area (Å²) in [6, 6.07) is 7.55. The molecule has 162 valence electrons. The molecule has 0 spiro atoms. The minimum absolute atomic E-state index is 0.0499. The molecule has 30 heavy (non-hydrogen) atoms. The number of methoxy groups -OCH3 is 2. The van der Waals surface area contributed by atoms with Gasteiger partial charge < -0.3 is 29.7 Å². The van der Waals surface area contributed by atoms with Crippen molar-refractivity contribution in [3.05, 3.63) is 35.5 Å². The van der Waals surface area contributed by atoms with Crippen LogP contribution in [0.4, 0.5) is 11.4 Å². The summed E-state index contributed by atoms with van der Waals surface area (Å²) in [5.41, 5.74) is 2.09. The van der Waals surface area contributed by atoms with E-state index in [4.69, 9.17) is 14.6 Å². The van der Waals surface area contributed by atoms with Gasteiger partial charge in [-0.05, 0) is 37.1 Å². The van der Waals surface area contributed by atoms with Gasteiger partial charge in [0, 0.05) is 31.0 Å². The number of rotatable bonds is 7. The number of β-amino-alcohol motifs (C(OH)–C–C–N with tert-alkyl or cyclic N) is 1. The Kier molecular flexibility index (Phi) is 6.94. The maximum Gasteiger partial charge on any atom is 0.337 e. The number of anilines is 2. The van der Waals surface area contributed by atoms with E-state index in [2.05, 4.69) is 10.2 Å². The Bertz CT molecular complexity index is 828. The van der Waals surface area contributed by atoms with Gasteiger partial charge in [-0.25, -0.2) is 4.79 Å². The number of aliphatic hydroxyl groups is 1. The van der Waals surface area contributed by atoms with Gasteiger partial charge in [0.15, 0.2) is 0 Å². The normalized spacial score (nSPS) is 17.4. The number of amides is 1. The van der Waals surface area contributed by atoms with Crippen molar-refractivity contribution in [1.29, 1.82) is 0 Å². The predicted octanol–water partition coefficient (Wildman–Crippen LogP) is 0.750. The first-order valence-corrected chi connectivity index (χ1v) is 9.90. The predicted molar refractivity (Wildman–Crippen MR) is 110 cm³/mol. The molecule has 0 atom stereocenters. The molecule has 2 aliphatic rings. The molecular weight excluding hydrogens is 390 g/mol. The summed E-state index contributed by atoms with van der Waals surface area (Å²) >= 11 is 0. The maximum atomic E-state index is 12.6. The molecule has 0 aliphatic carbocycles. The third kappa shape index (κ3) is 4.56. The molecule has 9 nitrogen and oxygen atoms in total. The Hall–Kier alpha value is -3.07. The monoisotopic (exact) mass is 417 g/mol. The minimum Gasteiger partial charge on any atom is -0.469 e. The van der Waals surface area contributed by atoms with Crippen LogP contribution in [0.1, 0.15) is 12.8 Å². The van der Waals surface area contributed by atoms with E-state index in [0.29, 0.717) is 5.69 Å². The van der Waals surface area contributed by atoms with Gasteiger partial charge in [0.2, 0.25) is 0 Å². The zero-order chi connectivity index (χ0) is 21.7. The van der Waals surface area contributed by atoms with Gasteiger partial charge in [-0.3, -0.25) is 9.59 Å². The van der Waals surface area contributed by atoms with Crippen molar-refractivity contribution in [1.82, 2.24) is 4.90 Å². The number of hydrogen-bond donors (Lipinski definition) is 2. The van der Waals surface area contributed by atoms with Gasteiger partial charge >= 0.3 is 11.9 Å². The number of nitrogens with one attached hydrogen (secondary N) is 1. The summed E-state index contributed by atoms with van der Waals surface area (Å²) in [5.74, 6) is -1.12. The zero-order valence-electron chi connectivity index (χ0n) is 17.2. The molecule has 0 aromatic heterocycles. The molecule has 2 heterocycles. The molecule has 0 saturated carbocycles. The summed E-state index contributed by atoms with van der Waals surface area (Å²) in [4.78, 5) is 39.9. The van der Waals surface area contributed by atoms with E-state index in [1.807, 2.05) is 24.3 Å². The Labute approximate surface area is 175 Å². The summed E-state index contributed by atoms with van der Waals surface area (Å²) in [6.45, 7) is 1.58. The van der Waals surface area contributed by atoms with Crippen LogP contribution >= 0.6 is 0 Å². The molecule has 3 rings (SSSR count). The number of hydrogen-bond acceptors (Lipinski definition) is 8. The van der Waals surface area contributed by atoms with Gasteiger partial charge in [0.25, 0.3) is 5.91 Å². The number of aliphatic hydroxyl groups excluding tert-OH is 1. The lowest BCUT2D eigenvalue weighted by atomic mass is 9.96. The molecule has 0 bridgehead atoms. The van der Waals surface area contributed by atoms with Crippen molar-refractivity contribution in [3.8, 4) is 0 Å². The standard InChI is InChI=1S/C21H27N3O6/c1-29-20(27)14-7-9-23(10-8-14)16-5-3-15(4-6-16)22-18-17(21(28)30-2)13-24(11-12-25)19(18)26/h3-6,14,22,25H,7-13H2,1-2H3. The first-order chi connectivity index (χ1) is 14.5. The van der Waals surface area contributed by atoms with Gasteiger partial charge in [-0.1, -0.05) is 0 Å². The van der Waals surface area contributed by atoms with E-state index in [1.54, 1.807) is 0 Å². The second-order valence-corrected chi connectivity index (χ2v) is 7.25. The van der Waals surface area contributed by atoms with Crippen molar-refractivity contribution in [2.45, 2.75) is 12.8 Å². The Morgan fingerprint density at radius 1 is 1.13 bits per heavy atom. The van der Waals surface area contributed by atoms with Crippen LogP contribution in [0.2, 0.25) is 0 Å². The van der Waals surface area contributed by atoms with Crippen molar-refractivity contribution < 1.29 is 29.0 Å².